The van der Waals surface area contributed by atoms with Crippen LogP contribution >= 0.6 is 11.6 Å². The van der Waals surface area contributed by atoms with Crippen molar-refractivity contribution >= 4 is 11.6 Å². The molecule has 0 radical (unpaired) electrons. The van der Waals surface area contributed by atoms with Crippen LogP contribution in [0.25, 0.3) is 0 Å². The number of rotatable bonds is 10. The SMILES string of the molecule is C=C(C)C1CC=C(C2=CCC3(C)C(CCC4(C)C5CCC6(C(O)CN(CCN(C)C)Cc7ccc(Cl)cc7)CCC[C@@H]6C5CCC43)C2(C)C)CC1.CC.CCC.CCN.CF. The summed E-state index contributed by atoms with van der Waals surface area (Å²) in [5, 5.41) is 13.2. The van der Waals surface area contributed by atoms with Gasteiger partial charge in [0.15, 0.2) is 0 Å². The van der Waals surface area contributed by atoms with Crippen LogP contribution in [0.4, 0.5) is 4.39 Å². The molecule has 0 saturated heterocycles. The Labute approximate surface area is 381 Å². The number of aliphatic hydroxyl groups excluding tert-OH is 1. The number of benzene rings is 1. The quantitative estimate of drug-likeness (QED) is 0.230. The van der Waals surface area contributed by atoms with Gasteiger partial charge in [-0.3, -0.25) is 9.29 Å². The minimum Gasteiger partial charge on any atom is -0.391 e. The Morgan fingerprint density at radius 1 is 0.869 bits per heavy atom. The number of allylic oxidation sites excluding steroid dienone is 5. The van der Waals surface area contributed by atoms with Gasteiger partial charge in [-0.1, -0.05) is 123 Å². The summed E-state index contributed by atoms with van der Waals surface area (Å²) < 4.78 is 9.50. The van der Waals surface area contributed by atoms with Gasteiger partial charge in [-0.05, 0) is 185 Å². The number of hydrogen-bond acceptors (Lipinski definition) is 4. The number of halogens is 2. The normalized spacial score (nSPS) is 33.7. The first kappa shape index (κ1) is 53.8. The van der Waals surface area contributed by atoms with E-state index in [0.29, 0.717) is 29.8 Å². The van der Waals surface area contributed by atoms with Crippen LogP contribution in [0.15, 0.2) is 59.7 Å². The van der Waals surface area contributed by atoms with Crippen LogP contribution in [-0.4, -0.2) is 68.5 Å². The highest BCUT2D eigenvalue weighted by molar-refractivity contribution is 6.30. The molecule has 0 heterocycles. The van der Waals surface area contributed by atoms with E-state index in [2.05, 4.69) is 103 Å². The lowest BCUT2D eigenvalue weighted by Crippen LogP contribution is -2.62. The van der Waals surface area contributed by atoms with Gasteiger partial charge in [0, 0.05) is 36.6 Å². The fourth-order valence-corrected chi connectivity index (χ4v) is 14.5. The number of hydrogen-bond donors (Lipinski definition) is 2. The second kappa shape index (κ2) is 24.1. The van der Waals surface area contributed by atoms with Crippen LogP contribution in [-0.2, 0) is 6.54 Å². The second-order valence-corrected chi connectivity index (χ2v) is 21.6. The molecule has 4 fully saturated rings. The zero-order chi connectivity index (χ0) is 45.8. The molecule has 1 aromatic rings. The first-order valence-electron chi connectivity index (χ1n) is 24.9. The van der Waals surface area contributed by atoms with Gasteiger partial charge in [0.1, 0.15) is 0 Å². The number of nitrogens with zero attached hydrogens (tertiary/aromatic N) is 2. The van der Waals surface area contributed by atoms with E-state index >= 15 is 0 Å². The van der Waals surface area contributed by atoms with Gasteiger partial charge in [-0.2, -0.15) is 0 Å². The van der Waals surface area contributed by atoms with Crippen molar-refractivity contribution in [3.63, 3.8) is 0 Å². The highest BCUT2D eigenvalue weighted by atomic mass is 35.5. The minimum atomic E-state index is -0.262. The van der Waals surface area contributed by atoms with Crippen LogP contribution in [0.2, 0.25) is 5.02 Å². The number of likely N-dealkylation sites (N-methyl/N-ethyl adjacent to an activating group) is 1. The van der Waals surface area contributed by atoms with Crippen molar-refractivity contribution in [3.8, 4) is 0 Å². The molecule has 3 N–H and O–H groups in total. The van der Waals surface area contributed by atoms with Crippen LogP contribution in [0.1, 0.15) is 165 Å². The van der Waals surface area contributed by atoms with Crippen molar-refractivity contribution in [1.29, 1.82) is 0 Å². The average Bonchev–Trinajstić information content (AvgIpc) is 3.69. The van der Waals surface area contributed by atoms with Gasteiger partial charge in [-0.15, -0.1) is 0 Å². The first-order valence-corrected chi connectivity index (χ1v) is 25.3. The average molecular weight is 869 g/mol. The van der Waals surface area contributed by atoms with Gasteiger partial charge >= 0.3 is 0 Å². The predicted molar refractivity (Wildman–Crippen MR) is 265 cm³/mol. The van der Waals surface area contributed by atoms with Crippen molar-refractivity contribution in [3.05, 3.63) is 70.3 Å². The monoisotopic (exact) mass is 868 g/mol. The molecular weight excluding hydrogens is 773 g/mol. The van der Waals surface area contributed by atoms with Crippen molar-refractivity contribution < 1.29 is 9.50 Å². The van der Waals surface area contributed by atoms with E-state index in [9.17, 15) is 9.50 Å². The molecular formula is C55H95ClFN3O. The molecule has 0 bridgehead atoms. The topological polar surface area (TPSA) is 52.7 Å². The van der Waals surface area contributed by atoms with Gasteiger partial charge < -0.3 is 15.7 Å². The van der Waals surface area contributed by atoms with E-state index in [1.54, 1.807) is 11.1 Å². The number of fused-ring (bicyclic) bond motifs is 7. The van der Waals surface area contributed by atoms with Crippen LogP contribution in [0.5, 0.6) is 0 Å². The third-order valence-electron chi connectivity index (χ3n) is 16.9. The molecule has 4 saturated carbocycles. The van der Waals surface area contributed by atoms with Gasteiger partial charge in [0.2, 0.25) is 0 Å². The lowest BCUT2D eigenvalue weighted by molar-refractivity contribution is -0.191. The number of aliphatic hydroxyl groups is 1. The first-order chi connectivity index (χ1) is 29.0. The molecule has 6 aliphatic carbocycles. The smallest absolute Gasteiger partial charge is 0.0785 e. The molecule has 350 valence electrons. The van der Waals surface area contributed by atoms with Gasteiger partial charge in [0.05, 0.1) is 13.3 Å². The molecule has 0 aliphatic heterocycles. The fourth-order valence-electron chi connectivity index (χ4n) is 14.4. The third kappa shape index (κ3) is 11.9. The Balaban J connectivity index is 0.000000914. The number of alkyl halides is 1. The zero-order valence-corrected chi connectivity index (χ0v) is 42.6. The molecule has 6 aliphatic rings. The maximum atomic E-state index is 12.4. The third-order valence-corrected chi connectivity index (χ3v) is 17.1. The van der Waals surface area contributed by atoms with Gasteiger partial charge in [-0.25, -0.2) is 0 Å². The molecule has 9 unspecified atom stereocenters. The largest absolute Gasteiger partial charge is 0.391 e. The van der Waals surface area contributed by atoms with E-state index in [1.807, 2.05) is 32.9 Å². The molecule has 7 rings (SSSR count). The van der Waals surface area contributed by atoms with E-state index in [4.69, 9.17) is 17.3 Å². The second-order valence-electron chi connectivity index (χ2n) is 21.2. The van der Waals surface area contributed by atoms with E-state index in [1.165, 1.54) is 101 Å². The molecule has 10 atom stereocenters. The maximum absolute atomic E-state index is 12.4. The summed E-state index contributed by atoms with van der Waals surface area (Å²) >= 11 is 6.24. The Kier molecular flexibility index (Phi) is 21.3. The summed E-state index contributed by atoms with van der Waals surface area (Å²) in [5.74, 6) is 4.49. The van der Waals surface area contributed by atoms with Crippen molar-refractivity contribution in [2.24, 2.45) is 62.9 Å². The van der Waals surface area contributed by atoms with Crippen molar-refractivity contribution in [2.45, 2.75) is 172 Å². The number of nitrogens with two attached hydrogens (primary N) is 1. The van der Waals surface area contributed by atoms with Crippen LogP contribution < -0.4 is 5.73 Å². The molecule has 6 heteroatoms. The van der Waals surface area contributed by atoms with Crippen molar-refractivity contribution in [2.75, 3.05) is 47.5 Å². The molecule has 0 spiro atoms. The van der Waals surface area contributed by atoms with E-state index in [-0.39, 0.29) is 16.9 Å². The Morgan fingerprint density at radius 2 is 1.51 bits per heavy atom. The maximum Gasteiger partial charge on any atom is 0.0785 e. The summed E-state index contributed by atoms with van der Waals surface area (Å²) in [6.07, 6.45) is 23.2. The standard InChI is InChI=1S/C47H71ClN2O.C3H8.C2H7N.C2H6.CH3F/c1-32(2)34-13-15-35(16-14-34)38-21-25-46(6)41(44(38,3)4)23-26-45(5)39-22-27-47(24-9-10-40(47)37(39)19-20-42(45)46)43(51)31-50(29-28-49(7)8)30-33-11-17-36(48)18-12-33;1-3-2;1-2-3;2*1-2/h11-12,15,17-18,21,34,37,39-43,51H,1,9-10,13-14,16,19-20,22-31H2,2-8H3;3H2,1-2H3;2-3H2,1H3;1-2H3;1H3/t34?,37?,39?,40-,41?,42?,43?,45?,46?,47?;;;;/m1..../s1. The lowest BCUT2D eigenvalue weighted by Gasteiger charge is -2.68. The summed E-state index contributed by atoms with van der Waals surface area (Å²) in [5.41, 5.74) is 12.0. The molecule has 0 aromatic heterocycles. The summed E-state index contributed by atoms with van der Waals surface area (Å²) in [6.45, 7) is 31.8. The predicted octanol–water partition coefficient (Wildman–Crippen LogP) is 14.4. The Bertz CT molecular complexity index is 1540. The summed E-state index contributed by atoms with van der Waals surface area (Å²) in [7, 11) is 4.82. The fraction of sp³-hybridized carbons (Fsp3) is 0.782. The Morgan fingerprint density at radius 3 is 2.08 bits per heavy atom. The highest BCUT2D eigenvalue weighted by Gasteiger charge is 2.66. The van der Waals surface area contributed by atoms with Crippen LogP contribution in [0, 0.1) is 57.2 Å². The van der Waals surface area contributed by atoms with Crippen molar-refractivity contribution in [1.82, 2.24) is 9.80 Å². The lowest BCUT2D eigenvalue weighted by atomic mass is 9.36. The minimum absolute atomic E-state index is 0.0865. The highest BCUT2D eigenvalue weighted by Crippen LogP contribution is 2.73. The van der Waals surface area contributed by atoms with Gasteiger partial charge in [0.25, 0.3) is 0 Å². The molecule has 61 heavy (non-hydrogen) atoms. The Hall–Kier alpha value is -1.50. The van der Waals surface area contributed by atoms with Crippen LogP contribution in [0.3, 0.4) is 0 Å². The van der Waals surface area contributed by atoms with E-state index < -0.39 is 0 Å². The van der Waals surface area contributed by atoms with E-state index in [0.717, 1.165) is 61.4 Å². The molecule has 0 amide bonds. The molecule has 4 nitrogen and oxygen atoms in total. The zero-order valence-electron chi connectivity index (χ0n) is 41.8. The molecule has 1 aromatic carbocycles. The summed E-state index contributed by atoms with van der Waals surface area (Å²) in [6, 6.07) is 8.33. The summed E-state index contributed by atoms with van der Waals surface area (Å²) in [4.78, 5) is 4.80.